The fourth-order valence-corrected chi connectivity index (χ4v) is 5.74. The average Bonchev–Trinajstić information content (AvgIpc) is 3.40. The van der Waals surface area contributed by atoms with Crippen LogP contribution in [0.3, 0.4) is 0 Å². The van der Waals surface area contributed by atoms with Crippen LogP contribution in [0, 0.1) is 10.1 Å². The molecule has 0 bridgehead atoms. The second-order valence-electron chi connectivity index (χ2n) is 10.7. The van der Waals surface area contributed by atoms with Gasteiger partial charge in [-0.1, -0.05) is 60.1 Å². The molecule has 0 fully saturated rings. The molecule has 5 aromatic carbocycles. The minimum absolute atomic E-state index is 0.102. The Hall–Kier alpha value is -6.00. The molecule has 0 unspecified atom stereocenters. The zero-order valence-electron chi connectivity index (χ0n) is 24.5. The number of hydrogen-bond acceptors (Lipinski definition) is 7. The largest absolute Gasteiger partial charge is 0.489 e. The molecule has 234 valence electrons. The molecule has 47 heavy (non-hydrogen) atoms. The number of nitro groups is 1. The first-order chi connectivity index (χ1) is 22.7. The summed E-state index contributed by atoms with van der Waals surface area (Å²) in [5, 5.41) is 23.5. The summed E-state index contributed by atoms with van der Waals surface area (Å²) in [7, 11) is 0. The van der Waals surface area contributed by atoms with Gasteiger partial charge < -0.3 is 14.6 Å². The number of carbonyl (C=O) groups is 3. The van der Waals surface area contributed by atoms with E-state index in [4.69, 9.17) is 26.2 Å². The molecule has 1 aliphatic rings. The zero-order chi connectivity index (χ0) is 33.1. The summed E-state index contributed by atoms with van der Waals surface area (Å²) < 4.78 is 11.3. The van der Waals surface area contributed by atoms with Gasteiger partial charge in [-0.15, -0.1) is 0 Å². The van der Waals surface area contributed by atoms with Gasteiger partial charge in [-0.3, -0.25) is 20.2 Å². The maximum absolute atomic E-state index is 13.5. The van der Waals surface area contributed by atoms with Crippen molar-refractivity contribution in [1.29, 1.82) is 0 Å². The van der Waals surface area contributed by atoms with Crippen molar-refractivity contribution < 1.29 is 33.9 Å². The van der Waals surface area contributed by atoms with E-state index in [0.717, 1.165) is 28.3 Å². The molecule has 10 nitrogen and oxygen atoms in total. The highest BCUT2D eigenvalue weighted by molar-refractivity contribution is 6.31. The predicted molar refractivity (Wildman–Crippen MR) is 174 cm³/mol. The summed E-state index contributed by atoms with van der Waals surface area (Å²) in [6, 6.07) is 30.2. The average molecular weight is 649 g/mol. The fourth-order valence-electron chi connectivity index (χ4n) is 5.57. The number of amides is 1. The van der Waals surface area contributed by atoms with Gasteiger partial charge in [0.05, 0.1) is 21.7 Å². The van der Waals surface area contributed by atoms with Gasteiger partial charge in [0.2, 0.25) is 0 Å². The summed E-state index contributed by atoms with van der Waals surface area (Å²) in [4.78, 5) is 48.5. The smallest absolute Gasteiger partial charge is 0.411 e. The number of rotatable bonds is 10. The lowest BCUT2D eigenvalue weighted by molar-refractivity contribution is -0.385. The lowest BCUT2D eigenvalue weighted by atomic mass is 9.98. The third-order valence-corrected chi connectivity index (χ3v) is 8.08. The van der Waals surface area contributed by atoms with Crippen LogP contribution in [0.4, 0.5) is 16.2 Å². The van der Waals surface area contributed by atoms with Crippen LogP contribution in [0.5, 0.6) is 5.75 Å². The second-order valence-corrected chi connectivity index (χ2v) is 11.1. The zero-order valence-corrected chi connectivity index (χ0v) is 25.3. The number of ether oxygens (including phenoxy) is 2. The van der Waals surface area contributed by atoms with E-state index in [2.05, 4.69) is 5.32 Å². The first-order valence-corrected chi connectivity index (χ1v) is 14.8. The number of benzene rings is 5. The lowest BCUT2D eigenvalue weighted by Gasteiger charge is -2.16. The maximum Gasteiger partial charge on any atom is 0.411 e. The quantitative estimate of drug-likeness (QED) is 0.0877. The molecule has 2 N–H and O–H groups in total. The molecule has 0 heterocycles. The van der Waals surface area contributed by atoms with E-state index in [0.29, 0.717) is 10.8 Å². The van der Waals surface area contributed by atoms with Gasteiger partial charge in [0.15, 0.2) is 5.78 Å². The van der Waals surface area contributed by atoms with E-state index in [1.807, 2.05) is 48.5 Å². The molecule has 0 saturated heterocycles. The molecule has 5 aromatic rings. The molecule has 0 radical (unpaired) electrons. The van der Waals surface area contributed by atoms with E-state index in [9.17, 15) is 24.5 Å². The van der Waals surface area contributed by atoms with E-state index in [-0.39, 0.29) is 52.8 Å². The van der Waals surface area contributed by atoms with Crippen molar-refractivity contribution in [3.8, 4) is 16.9 Å². The first-order valence-electron chi connectivity index (χ1n) is 14.4. The Balaban J connectivity index is 1.13. The summed E-state index contributed by atoms with van der Waals surface area (Å²) in [5.74, 6) is -1.51. The van der Waals surface area contributed by atoms with Gasteiger partial charge in [-0.05, 0) is 76.9 Å². The molecule has 0 saturated carbocycles. The number of fused-ring (bicyclic) bond motifs is 3. The second kappa shape index (κ2) is 13.2. The number of carbonyl (C=O) groups excluding carboxylic acids is 2. The molecule has 0 atom stereocenters. The van der Waals surface area contributed by atoms with Crippen molar-refractivity contribution >= 4 is 40.8 Å². The molecular weight excluding hydrogens is 624 g/mol. The Morgan fingerprint density at radius 1 is 0.830 bits per heavy atom. The number of nitrogens with zero attached hydrogens (tertiary/aromatic N) is 1. The molecule has 0 aromatic heterocycles. The number of hydrogen-bond donors (Lipinski definition) is 2. The van der Waals surface area contributed by atoms with Crippen molar-refractivity contribution in [2.75, 3.05) is 11.9 Å². The Morgan fingerprint density at radius 3 is 2.11 bits per heavy atom. The van der Waals surface area contributed by atoms with E-state index in [1.54, 1.807) is 6.07 Å². The van der Waals surface area contributed by atoms with Crippen LogP contribution in [-0.2, 0) is 11.3 Å². The van der Waals surface area contributed by atoms with Gasteiger partial charge in [0.1, 0.15) is 19.0 Å². The van der Waals surface area contributed by atoms with Crippen LogP contribution >= 0.6 is 11.6 Å². The van der Waals surface area contributed by atoms with Crippen molar-refractivity contribution in [3.05, 3.63) is 158 Å². The number of aromatic carboxylic acids is 1. The third-order valence-electron chi connectivity index (χ3n) is 7.85. The predicted octanol–water partition coefficient (Wildman–Crippen LogP) is 8.12. The van der Waals surface area contributed by atoms with Gasteiger partial charge in [-0.25, -0.2) is 9.59 Å². The highest BCUT2D eigenvalue weighted by Crippen LogP contribution is 2.44. The summed E-state index contributed by atoms with van der Waals surface area (Å²) >= 11 is 6.22. The van der Waals surface area contributed by atoms with Gasteiger partial charge in [0, 0.05) is 28.1 Å². The summed E-state index contributed by atoms with van der Waals surface area (Å²) in [6.45, 7) is -0.100. The monoisotopic (exact) mass is 648 g/mol. The van der Waals surface area contributed by atoms with Crippen molar-refractivity contribution in [2.24, 2.45) is 0 Å². The molecule has 1 amide bonds. The summed E-state index contributed by atoms with van der Waals surface area (Å²) in [5.41, 5.74) is 4.59. The Bertz CT molecular complexity index is 2000. The van der Waals surface area contributed by atoms with Crippen molar-refractivity contribution in [2.45, 2.75) is 12.5 Å². The van der Waals surface area contributed by atoms with Crippen LogP contribution in [0.1, 0.15) is 48.9 Å². The number of anilines is 1. The van der Waals surface area contributed by atoms with Crippen molar-refractivity contribution in [3.63, 3.8) is 0 Å². The van der Waals surface area contributed by atoms with Crippen LogP contribution in [-0.4, -0.2) is 34.5 Å². The topological polar surface area (TPSA) is 145 Å². The Kier molecular flexibility index (Phi) is 8.68. The number of nitrogens with one attached hydrogen (secondary N) is 1. The molecule has 0 aliphatic heterocycles. The standard InChI is InChI=1S/C36H25ClN2O8/c37-24-13-16-32(38-36(43)47-20-31-28-7-3-1-5-26(28)27-6-2-4-8-29(27)31)30(18-24)34(40)21-11-14-25(15-12-21)46-19-23-10-9-22(35(41)42)17-33(23)39(44)45/h1-18,31H,19-20H2,(H,38,43)(H,41,42). The van der Waals surface area contributed by atoms with Crippen LogP contribution in [0.2, 0.25) is 5.02 Å². The molecule has 1 aliphatic carbocycles. The number of nitro benzene ring substituents is 1. The van der Waals surface area contributed by atoms with Crippen LogP contribution in [0.15, 0.2) is 109 Å². The molecule has 6 rings (SSSR count). The third kappa shape index (κ3) is 6.54. The minimum atomic E-state index is -1.28. The van der Waals surface area contributed by atoms with E-state index >= 15 is 0 Å². The fraction of sp³-hybridized carbons (Fsp3) is 0.0833. The van der Waals surface area contributed by atoms with Crippen LogP contribution < -0.4 is 10.1 Å². The highest BCUT2D eigenvalue weighted by atomic mass is 35.5. The molecular formula is C36H25ClN2O8. The first kappa shape index (κ1) is 31.0. The number of carboxylic acid groups (broad SMARTS) is 1. The van der Waals surface area contributed by atoms with Gasteiger partial charge in [-0.2, -0.15) is 0 Å². The number of halogens is 1. The normalized spacial score (nSPS) is 11.7. The minimum Gasteiger partial charge on any atom is -0.489 e. The Labute approximate surface area is 273 Å². The van der Waals surface area contributed by atoms with E-state index < -0.39 is 22.8 Å². The van der Waals surface area contributed by atoms with Crippen LogP contribution in [0.25, 0.3) is 11.1 Å². The molecule has 0 spiro atoms. The number of carboxylic acids is 1. The maximum atomic E-state index is 13.5. The summed E-state index contributed by atoms with van der Waals surface area (Å²) in [6.07, 6.45) is -0.725. The molecule has 11 heteroatoms. The van der Waals surface area contributed by atoms with E-state index in [1.165, 1.54) is 48.5 Å². The van der Waals surface area contributed by atoms with Gasteiger partial charge >= 0.3 is 12.1 Å². The highest BCUT2D eigenvalue weighted by Gasteiger charge is 2.29. The van der Waals surface area contributed by atoms with Crippen molar-refractivity contribution in [1.82, 2.24) is 0 Å². The Morgan fingerprint density at radius 2 is 1.47 bits per heavy atom. The SMILES string of the molecule is O=C(Nc1ccc(Cl)cc1C(=O)c1ccc(OCc2ccc(C(=O)O)cc2[N+](=O)[O-])cc1)OCC1c2ccccc2-c2ccccc21. The lowest BCUT2D eigenvalue weighted by Crippen LogP contribution is -2.19. The van der Waals surface area contributed by atoms with Gasteiger partial charge in [0.25, 0.3) is 5.69 Å². The number of ketones is 1.